The molecule has 1 aromatic carbocycles. The van der Waals surface area contributed by atoms with Gasteiger partial charge >= 0.3 is 5.97 Å². The number of benzene rings is 1. The Hall–Kier alpha value is -1.00. The van der Waals surface area contributed by atoms with Crippen LogP contribution in [0.1, 0.15) is 31.7 Å². The zero-order valence-electron chi connectivity index (χ0n) is 13.0. The van der Waals surface area contributed by atoms with Crippen molar-refractivity contribution >= 4 is 17.7 Å². The second kappa shape index (κ2) is 8.44. The summed E-state index contributed by atoms with van der Waals surface area (Å²) in [5, 5.41) is 0. The Labute approximate surface area is 132 Å². The van der Waals surface area contributed by atoms with Gasteiger partial charge in [-0.25, -0.2) is 0 Å². The number of piperidine rings is 1. The number of hydrogen-bond acceptors (Lipinski definition) is 4. The van der Waals surface area contributed by atoms with Gasteiger partial charge in [-0.05, 0) is 45.4 Å². The molecule has 1 aliphatic rings. The molecule has 0 N–H and O–H groups in total. The van der Waals surface area contributed by atoms with Crippen LogP contribution in [-0.4, -0.2) is 42.4 Å². The van der Waals surface area contributed by atoms with Crippen LogP contribution >= 0.6 is 11.8 Å². The number of likely N-dealkylation sites (tertiary alicyclic amines) is 1. The number of esters is 1. The van der Waals surface area contributed by atoms with E-state index in [0.29, 0.717) is 6.61 Å². The standard InChI is InChI=1S/C17H25NO2S/c1-3-20-17(19)16-6-4-5-11-18(16)12-13-21-15-9-7-14(2)8-10-15/h7-10,16H,3-6,11-13H2,1-2H3. The summed E-state index contributed by atoms with van der Waals surface area (Å²) in [6.07, 6.45) is 3.25. The van der Waals surface area contributed by atoms with Crippen molar-refractivity contribution in [1.29, 1.82) is 0 Å². The smallest absolute Gasteiger partial charge is 0.323 e. The molecule has 116 valence electrons. The number of hydrogen-bond donors (Lipinski definition) is 0. The first-order valence-electron chi connectivity index (χ1n) is 7.81. The first-order valence-corrected chi connectivity index (χ1v) is 8.79. The van der Waals surface area contributed by atoms with Crippen LogP contribution in [0.25, 0.3) is 0 Å². The minimum absolute atomic E-state index is 0.0303. The number of ether oxygens (including phenoxy) is 1. The molecule has 1 saturated heterocycles. The quantitative estimate of drug-likeness (QED) is 0.594. The van der Waals surface area contributed by atoms with Crippen molar-refractivity contribution in [3.63, 3.8) is 0 Å². The van der Waals surface area contributed by atoms with Gasteiger partial charge in [-0.1, -0.05) is 24.1 Å². The maximum atomic E-state index is 12.0. The van der Waals surface area contributed by atoms with Gasteiger partial charge in [-0.2, -0.15) is 0 Å². The van der Waals surface area contributed by atoms with E-state index >= 15 is 0 Å². The average Bonchev–Trinajstić information content (AvgIpc) is 2.50. The lowest BCUT2D eigenvalue weighted by atomic mass is 10.0. The van der Waals surface area contributed by atoms with E-state index in [9.17, 15) is 4.79 Å². The van der Waals surface area contributed by atoms with Crippen molar-refractivity contribution < 1.29 is 9.53 Å². The SMILES string of the molecule is CCOC(=O)C1CCCCN1CCSc1ccc(C)cc1. The van der Waals surface area contributed by atoms with E-state index in [4.69, 9.17) is 4.74 Å². The summed E-state index contributed by atoms with van der Waals surface area (Å²) in [5.41, 5.74) is 1.29. The molecule has 1 aromatic rings. The first-order chi connectivity index (χ1) is 10.2. The van der Waals surface area contributed by atoms with Crippen molar-refractivity contribution in [3.8, 4) is 0 Å². The molecule has 0 radical (unpaired) electrons. The molecular formula is C17H25NO2S. The molecule has 0 aromatic heterocycles. The topological polar surface area (TPSA) is 29.5 Å². The lowest BCUT2D eigenvalue weighted by molar-refractivity contribution is -0.150. The third kappa shape index (κ3) is 5.04. The maximum absolute atomic E-state index is 12.0. The lowest BCUT2D eigenvalue weighted by Gasteiger charge is -2.33. The van der Waals surface area contributed by atoms with Crippen LogP contribution in [0.3, 0.4) is 0 Å². The van der Waals surface area contributed by atoms with Gasteiger partial charge in [-0.15, -0.1) is 11.8 Å². The Bertz CT molecular complexity index is 447. The molecule has 1 heterocycles. The molecule has 1 fully saturated rings. The minimum atomic E-state index is -0.0439. The lowest BCUT2D eigenvalue weighted by Crippen LogP contribution is -2.46. The molecule has 0 aliphatic carbocycles. The van der Waals surface area contributed by atoms with Gasteiger partial charge in [-0.3, -0.25) is 9.69 Å². The van der Waals surface area contributed by atoms with Crippen LogP contribution < -0.4 is 0 Å². The molecular weight excluding hydrogens is 282 g/mol. The average molecular weight is 307 g/mol. The van der Waals surface area contributed by atoms with Crippen LogP contribution in [0.2, 0.25) is 0 Å². The molecule has 0 bridgehead atoms. The molecule has 0 spiro atoms. The maximum Gasteiger partial charge on any atom is 0.323 e. The van der Waals surface area contributed by atoms with Gasteiger partial charge in [0.05, 0.1) is 6.61 Å². The molecule has 0 amide bonds. The van der Waals surface area contributed by atoms with E-state index in [1.807, 2.05) is 18.7 Å². The highest BCUT2D eigenvalue weighted by atomic mass is 32.2. The van der Waals surface area contributed by atoms with Crippen LogP contribution in [0.15, 0.2) is 29.2 Å². The fourth-order valence-electron chi connectivity index (χ4n) is 2.68. The largest absolute Gasteiger partial charge is 0.465 e. The molecule has 3 nitrogen and oxygen atoms in total. The zero-order chi connectivity index (χ0) is 15.1. The van der Waals surface area contributed by atoms with Crippen LogP contribution in [0, 0.1) is 6.92 Å². The molecule has 1 atom stereocenters. The predicted octanol–water partition coefficient (Wildman–Crippen LogP) is 3.50. The number of aryl methyl sites for hydroxylation is 1. The van der Waals surface area contributed by atoms with Crippen molar-refractivity contribution in [3.05, 3.63) is 29.8 Å². The number of carbonyl (C=O) groups excluding carboxylic acids is 1. The fourth-order valence-corrected chi connectivity index (χ4v) is 3.57. The Morgan fingerprint density at radius 1 is 1.33 bits per heavy atom. The van der Waals surface area contributed by atoms with E-state index < -0.39 is 0 Å². The summed E-state index contributed by atoms with van der Waals surface area (Å²) in [7, 11) is 0. The minimum Gasteiger partial charge on any atom is -0.465 e. The van der Waals surface area contributed by atoms with Gasteiger partial charge in [0.1, 0.15) is 6.04 Å². The second-order valence-corrected chi connectivity index (χ2v) is 6.63. The van der Waals surface area contributed by atoms with E-state index in [-0.39, 0.29) is 12.0 Å². The molecule has 0 saturated carbocycles. The third-order valence-corrected chi connectivity index (χ3v) is 4.83. The van der Waals surface area contributed by atoms with Crippen molar-refractivity contribution in [2.24, 2.45) is 0 Å². The highest BCUT2D eigenvalue weighted by Gasteiger charge is 2.29. The summed E-state index contributed by atoms with van der Waals surface area (Å²) in [5.74, 6) is 0.969. The number of thioether (sulfide) groups is 1. The van der Waals surface area contributed by atoms with E-state index in [0.717, 1.165) is 31.7 Å². The van der Waals surface area contributed by atoms with Gasteiger partial charge in [0.15, 0.2) is 0 Å². The van der Waals surface area contributed by atoms with Gasteiger partial charge in [0, 0.05) is 17.2 Å². The summed E-state index contributed by atoms with van der Waals surface area (Å²) < 4.78 is 5.20. The Kier molecular flexibility index (Phi) is 6.58. The van der Waals surface area contributed by atoms with Crippen LogP contribution in [0.5, 0.6) is 0 Å². The number of carbonyl (C=O) groups is 1. The Morgan fingerprint density at radius 3 is 2.81 bits per heavy atom. The van der Waals surface area contributed by atoms with Gasteiger partial charge < -0.3 is 4.74 Å². The van der Waals surface area contributed by atoms with E-state index in [2.05, 4.69) is 36.1 Å². The summed E-state index contributed by atoms with van der Waals surface area (Å²) in [6, 6.07) is 8.59. The van der Waals surface area contributed by atoms with Crippen molar-refractivity contribution in [2.75, 3.05) is 25.4 Å². The highest BCUT2D eigenvalue weighted by molar-refractivity contribution is 7.99. The molecule has 1 unspecified atom stereocenters. The Balaban J connectivity index is 1.82. The highest BCUT2D eigenvalue weighted by Crippen LogP contribution is 2.22. The van der Waals surface area contributed by atoms with Crippen molar-refractivity contribution in [1.82, 2.24) is 4.90 Å². The van der Waals surface area contributed by atoms with Gasteiger partial charge in [0.25, 0.3) is 0 Å². The first kappa shape index (κ1) is 16.4. The third-order valence-electron chi connectivity index (χ3n) is 3.84. The van der Waals surface area contributed by atoms with Crippen LogP contribution in [-0.2, 0) is 9.53 Å². The second-order valence-electron chi connectivity index (χ2n) is 5.46. The number of nitrogens with zero attached hydrogens (tertiary/aromatic N) is 1. The number of rotatable bonds is 6. The molecule has 21 heavy (non-hydrogen) atoms. The zero-order valence-corrected chi connectivity index (χ0v) is 13.8. The van der Waals surface area contributed by atoms with Crippen LogP contribution in [0.4, 0.5) is 0 Å². The fraction of sp³-hybridized carbons (Fsp3) is 0.588. The molecule has 2 rings (SSSR count). The molecule has 4 heteroatoms. The summed E-state index contributed by atoms with van der Waals surface area (Å²) in [6.45, 7) is 6.41. The summed E-state index contributed by atoms with van der Waals surface area (Å²) >= 11 is 1.86. The normalized spacial score (nSPS) is 19.4. The summed E-state index contributed by atoms with van der Waals surface area (Å²) in [4.78, 5) is 15.6. The Morgan fingerprint density at radius 2 is 2.10 bits per heavy atom. The van der Waals surface area contributed by atoms with E-state index in [1.54, 1.807) is 0 Å². The molecule has 1 aliphatic heterocycles. The van der Waals surface area contributed by atoms with Gasteiger partial charge in [0.2, 0.25) is 0 Å². The monoisotopic (exact) mass is 307 g/mol. The van der Waals surface area contributed by atoms with E-state index in [1.165, 1.54) is 16.9 Å². The van der Waals surface area contributed by atoms with Crippen molar-refractivity contribution in [2.45, 2.75) is 44.0 Å². The predicted molar refractivity (Wildman–Crippen MR) is 87.7 cm³/mol.